The Morgan fingerprint density at radius 2 is 2.12 bits per heavy atom. The Kier molecular flexibility index (Phi) is 5.11. The van der Waals surface area contributed by atoms with Crippen LogP contribution in [0.15, 0.2) is 50.2 Å². The van der Waals surface area contributed by atoms with Crippen LogP contribution < -0.4 is 10.9 Å². The molecule has 6 nitrogen and oxygen atoms in total. The number of fused-ring (bicyclic) bond motifs is 1. The maximum absolute atomic E-state index is 12.3. The zero-order valence-electron chi connectivity index (χ0n) is 14.7. The van der Waals surface area contributed by atoms with Gasteiger partial charge in [0.05, 0.1) is 18.2 Å². The second-order valence-electron chi connectivity index (χ2n) is 6.44. The van der Waals surface area contributed by atoms with E-state index in [9.17, 15) is 14.7 Å². The van der Waals surface area contributed by atoms with Crippen LogP contribution in [-0.4, -0.2) is 17.1 Å². The van der Waals surface area contributed by atoms with Crippen LogP contribution in [-0.2, 0) is 17.6 Å². The van der Waals surface area contributed by atoms with E-state index in [0.29, 0.717) is 22.1 Å². The summed E-state index contributed by atoms with van der Waals surface area (Å²) in [4.78, 5) is 24.6. The van der Waals surface area contributed by atoms with Crippen molar-refractivity contribution in [2.24, 2.45) is 0 Å². The van der Waals surface area contributed by atoms with E-state index in [-0.39, 0.29) is 24.1 Å². The molecule has 0 fully saturated rings. The number of aromatic hydroxyl groups is 1. The first-order valence-corrected chi connectivity index (χ1v) is 8.51. The third kappa shape index (κ3) is 3.96. The van der Waals surface area contributed by atoms with Crippen molar-refractivity contribution in [3.05, 3.63) is 63.9 Å². The van der Waals surface area contributed by atoms with Gasteiger partial charge in [-0.3, -0.25) is 4.79 Å². The fraction of sp³-hybridized carbons (Fsp3) is 0.300. The van der Waals surface area contributed by atoms with Gasteiger partial charge < -0.3 is 19.3 Å². The molecule has 0 saturated carbocycles. The smallest absolute Gasteiger partial charge is 0.340 e. The van der Waals surface area contributed by atoms with Crippen LogP contribution in [0.3, 0.4) is 0 Å². The summed E-state index contributed by atoms with van der Waals surface area (Å²) in [6.45, 7) is 3.69. The summed E-state index contributed by atoms with van der Waals surface area (Å²) in [5, 5.41) is 13.1. The summed E-state index contributed by atoms with van der Waals surface area (Å²) in [6, 6.07) is 8.28. The molecule has 0 radical (unpaired) electrons. The van der Waals surface area contributed by atoms with Crippen molar-refractivity contribution in [1.82, 2.24) is 5.32 Å². The van der Waals surface area contributed by atoms with Crippen LogP contribution in [0.5, 0.6) is 5.75 Å². The third-order valence-corrected chi connectivity index (χ3v) is 4.42. The maximum atomic E-state index is 12.3. The molecule has 1 aromatic carbocycles. The highest BCUT2D eigenvalue weighted by Gasteiger charge is 2.16. The number of nitrogens with one attached hydrogen (secondary N) is 1. The van der Waals surface area contributed by atoms with Gasteiger partial charge in [-0.25, -0.2) is 4.79 Å². The normalized spacial score (nSPS) is 12.2. The lowest BCUT2D eigenvalue weighted by Crippen LogP contribution is -2.35. The molecule has 3 rings (SSSR count). The van der Waals surface area contributed by atoms with Gasteiger partial charge in [-0.05, 0) is 50.1 Å². The average Bonchev–Trinajstić information content (AvgIpc) is 3.10. The summed E-state index contributed by atoms with van der Waals surface area (Å²) in [6.07, 6.45) is 3.05. The molecule has 2 aromatic heterocycles. The molecule has 1 atom stereocenters. The topological polar surface area (TPSA) is 92.7 Å². The Morgan fingerprint density at radius 1 is 1.31 bits per heavy atom. The molecule has 0 aliphatic heterocycles. The van der Waals surface area contributed by atoms with Gasteiger partial charge in [0.25, 0.3) is 0 Å². The summed E-state index contributed by atoms with van der Waals surface area (Å²) in [7, 11) is 0. The van der Waals surface area contributed by atoms with Crippen molar-refractivity contribution in [3.8, 4) is 5.75 Å². The maximum Gasteiger partial charge on any atom is 0.340 e. The van der Waals surface area contributed by atoms with Gasteiger partial charge in [-0.15, -0.1) is 0 Å². The van der Waals surface area contributed by atoms with E-state index in [1.54, 1.807) is 19.3 Å². The van der Waals surface area contributed by atoms with Crippen molar-refractivity contribution >= 4 is 16.9 Å². The van der Waals surface area contributed by atoms with Gasteiger partial charge in [-0.2, -0.15) is 0 Å². The molecular formula is C20H21NO5. The minimum absolute atomic E-state index is 0.0240. The van der Waals surface area contributed by atoms with E-state index < -0.39 is 5.63 Å². The van der Waals surface area contributed by atoms with E-state index in [1.807, 2.05) is 19.1 Å². The molecule has 2 heterocycles. The van der Waals surface area contributed by atoms with Crippen molar-refractivity contribution in [1.29, 1.82) is 0 Å². The van der Waals surface area contributed by atoms with Crippen LogP contribution in [0.25, 0.3) is 11.0 Å². The van der Waals surface area contributed by atoms with E-state index in [4.69, 9.17) is 8.83 Å². The monoisotopic (exact) mass is 355 g/mol. The molecule has 0 aliphatic rings. The predicted molar refractivity (Wildman–Crippen MR) is 97.2 cm³/mol. The Bertz CT molecular complexity index is 972. The lowest BCUT2D eigenvalue weighted by atomic mass is 10.0. The lowest BCUT2D eigenvalue weighted by molar-refractivity contribution is -0.121. The molecule has 1 unspecified atom stereocenters. The minimum atomic E-state index is -0.556. The summed E-state index contributed by atoms with van der Waals surface area (Å²) >= 11 is 0. The van der Waals surface area contributed by atoms with Crippen LogP contribution in [0, 0.1) is 6.92 Å². The van der Waals surface area contributed by atoms with Gasteiger partial charge in [0.1, 0.15) is 17.1 Å². The highest BCUT2D eigenvalue weighted by Crippen LogP contribution is 2.23. The predicted octanol–water partition coefficient (Wildman–Crippen LogP) is 3.08. The first-order valence-electron chi connectivity index (χ1n) is 8.51. The number of hydrogen-bond acceptors (Lipinski definition) is 5. The highest BCUT2D eigenvalue weighted by atomic mass is 16.4. The van der Waals surface area contributed by atoms with Gasteiger partial charge in [-0.1, -0.05) is 0 Å². The fourth-order valence-electron chi connectivity index (χ4n) is 2.96. The molecule has 26 heavy (non-hydrogen) atoms. The molecule has 3 aromatic rings. The van der Waals surface area contributed by atoms with Crippen LogP contribution in [0.4, 0.5) is 0 Å². The third-order valence-electron chi connectivity index (χ3n) is 4.42. The van der Waals surface area contributed by atoms with E-state index in [2.05, 4.69) is 5.32 Å². The molecular weight excluding hydrogens is 334 g/mol. The first kappa shape index (κ1) is 17.8. The Labute approximate surface area is 150 Å². The fourth-order valence-corrected chi connectivity index (χ4v) is 2.96. The molecule has 0 aliphatic carbocycles. The number of rotatable bonds is 6. The Hall–Kier alpha value is -3.02. The molecule has 1 amide bonds. The molecule has 0 spiro atoms. The number of carbonyl (C=O) groups excluding carboxylic acids is 1. The van der Waals surface area contributed by atoms with E-state index in [0.717, 1.165) is 18.6 Å². The first-order chi connectivity index (χ1) is 12.4. The summed E-state index contributed by atoms with van der Waals surface area (Å²) in [5.41, 5.74) is 0.774. The number of phenolic OH excluding ortho intramolecular Hbond substituents is 1. The number of hydrogen-bond donors (Lipinski definition) is 2. The number of phenols is 1. The van der Waals surface area contributed by atoms with Crippen LogP contribution >= 0.6 is 0 Å². The SMILES string of the molecule is Cc1c(CC(=O)NC(C)CCc2ccco2)c(=O)oc2cc(O)ccc12. The van der Waals surface area contributed by atoms with Crippen molar-refractivity contribution in [2.75, 3.05) is 0 Å². The lowest BCUT2D eigenvalue weighted by Gasteiger charge is -2.14. The quantitative estimate of drug-likeness (QED) is 0.663. The summed E-state index contributed by atoms with van der Waals surface area (Å²) < 4.78 is 10.5. The largest absolute Gasteiger partial charge is 0.508 e. The van der Waals surface area contributed by atoms with Crippen LogP contribution in [0.1, 0.15) is 30.2 Å². The van der Waals surface area contributed by atoms with E-state index in [1.165, 1.54) is 12.1 Å². The van der Waals surface area contributed by atoms with Gasteiger partial charge in [0.15, 0.2) is 0 Å². The zero-order chi connectivity index (χ0) is 18.7. The van der Waals surface area contributed by atoms with Crippen LogP contribution in [0.2, 0.25) is 0 Å². The second kappa shape index (κ2) is 7.47. The van der Waals surface area contributed by atoms with Crippen molar-refractivity contribution < 1.29 is 18.7 Å². The number of amides is 1. The molecule has 6 heteroatoms. The molecule has 0 saturated heterocycles. The highest BCUT2D eigenvalue weighted by molar-refractivity contribution is 5.85. The second-order valence-corrected chi connectivity index (χ2v) is 6.44. The Morgan fingerprint density at radius 3 is 2.85 bits per heavy atom. The standard InChI is InChI=1S/C20H21NO5/c1-12(5-7-15-4-3-9-25-15)21-19(23)11-17-13(2)16-8-6-14(22)10-18(16)26-20(17)24/h3-4,6,8-10,12,22H,5,7,11H2,1-2H3,(H,21,23). The summed E-state index contributed by atoms with van der Waals surface area (Å²) in [5.74, 6) is 0.668. The van der Waals surface area contributed by atoms with Gasteiger partial charge >= 0.3 is 5.63 Å². The molecule has 136 valence electrons. The van der Waals surface area contributed by atoms with Crippen molar-refractivity contribution in [3.63, 3.8) is 0 Å². The van der Waals surface area contributed by atoms with Gasteiger partial charge in [0, 0.05) is 23.9 Å². The average molecular weight is 355 g/mol. The van der Waals surface area contributed by atoms with Crippen molar-refractivity contribution in [2.45, 2.75) is 39.2 Å². The number of furan rings is 1. The Balaban J connectivity index is 1.68. The van der Waals surface area contributed by atoms with E-state index >= 15 is 0 Å². The van der Waals surface area contributed by atoms with Gasteiger partial charge in [0.2, 0.25) is 5.91 Å². The minimum Gasteiger partial charge on any atom is -0.508 e. The number of aryl methyl sites for hydroxylation is 2. The number of benzene rings is 1. The zero-order valence-corrected chi connectivity index (χ0v) is 14.7. The molecule has 0 bridgehead atoms. The molecule has 2 N–H and O–H groups in total. The number of carbonyl (C=O) groups is 1.